The zero-order chi connectivity index (χ0) is 18.4. The van der Waals surface area contributed by atoms with Crippen molar-refractivity contribution in [1.29, 1.82) is 0 Å². The van der Waals surface area contributed by atoms with Crippen LogP contribution in [0.5, 0.6) is 0 Å². The SMILES string of the molecule is CC(C)[C@@H](CO)Nc1nc(NCc2cccs2)cc(-c2cccnc2)n1. The van der Waals surface area contributed by atoms with Gasteiger partial charge in [0.1, 0.15) is 5.82 Å². The van der Waals surface area contributed by atoms with Crippen LogP contribution in [0.25, 0.3) is 11.3 Å². The normalized spacial score (nSPS) is 12.2. The predicted octanol–water partition coefficient (Wildman–Crippen LogP) is 3.64. The maximum Gasteiger partial charge on any atom is 0.225 e. The second kappa shape index (κ2) is 8.73. The van der Waals surface area contributed by atoms with Crippen LogP contribution in [0, 0.1) is 5.92 Å². The lowest BCUT2D eigenvalue weighted by atomic mass is 10.1. The van der Waals surface area contributed by atoms with E-state index in [1.165, 1.54) is 4.88 Å². The monoisotopic (exact) mass is 369 g/mol. The molecule has 6 nitrogen and oxygen atoms in total. The van der Waals surface area contributed by atoms with Crippen molar-refractivity contribution >= 4 is 23.1 Å². The van der Waals surface area contributed by atoms with E-state index >= 15 is 0 Å². The number of nitrogens with zero attached hydrogens (tertiary/aromatic N) is 3. The molecule has 3 N–H and O–H groups in total. The highest BCUT2D eigenvalue weighted by Gasteiger charge is 2.15. The molecule has 0 saturated carbocycles. The van der Waals surface area contributed by atoms with Gasteiger partial charge < -0.3 is 15.7 Å². The van der Waals surface area contributed by atoms with E-state index in [4.69, 9.17) is 0 Å². The number of nitrogens with one attached hydrogen (secondary N) is 2. The van der Waals surface area contributed by atoms with E-state index in [1.54, 1.807) is 23.7 Å². The molecule has 0 aromatic carbocycles. The van der Waals surface area contributed by atoms with E-state index in [1.807, 2.05) is 24.3 Å². The molecule has 3 rings (SSSR count). The second-order valence-electron chi connectivity index (χ2n) is 6.31. The summed E-state index contributed by atoms with van der Waals surface area (Å²) in [6, 6.07) is 9.77. The van der Waals surface area contributed by atoms with Crippen molar-refractivity contribution in [2.75, 3.05) is 17.2 Å². The molecule has 0 aliphatic heterocycles. The standard InChI is InChI=1S/C19H23N5OS/c1-13(2)17(12-25)23-19-22-16(14-5-3-7-20-10-14)9-18(24-19)21-11-15-6-4-8-26-15/h3-10,13,17,25H,11-12H2,1-2H3,(H2,21,22,23,24)/t17-/m1/s1. The van der Waals surface area contributed by atoms with Crippen molar-refractivity contribution in [2.45, 2.75) is 26.4 Å². The summed E-state index contributed by atoms with van der Waals surface area (Å²) in [5.74, 6) is 1.48. The van der Waals surface area contributed by atoms with Crippen LogP contribution >= 0.6 is 11.3 Å². The molecular formula is C19H23N5OS. The number of anilines is 2. The van der Waals surface area contributed by atoms with Crippen molar-refractivity contribution < 1.29 is 5.11 Å². The van der Waals surface area contributed by atoms with Crippen molar-refractivity contribution in [2.24, 2.45) is 5.92 Å². The summed E-state index contributed by atoms with van der Waals surface area (Å²) in [7, 11) is 0. The Balaban J connectivity index is 1.88. The largest absolute Gasteiger partial charge is 0.394 e. The van der Waals surface area contributed by atoms with Gasteiger partial charge in [0, 0.05) is 28.9 Å². The molecule has 1 atom stereocenters. The van der Waals surface area contributed by atoms with Gasteiger partial charge in [-0.15, -0.1) is 11.3 Å². The highest BCUT2D eigenvalue weighted by Crippen LogP contribution is 2.22. The first-order chi connectivity index (χ1) is 12.7. The average molecular weight is 369 g/mol. The van der Waals surface area contributed by atoms with Gasteiger partial charge in [0.05, 0.1) is 24.9 Å². The molecular weight excluding hydrogens is 346 g/mol. The summed E-state index contributed by atoms with van der Waals surface area (Å²) in [4.78, 5) is 14.6. The number of aliphatic hydroxyl groups is 1. The summed E-state index contributed by atoms with van der Waals surface area (Å²) in [5.41, 5.74) is 1.70. The predicted molar refractivity (Wildman–Crippen MR) is 106 cm³/mol. The Kier molecular flexibility index (Phi) is 6.14. The molecule has 0 unspecified atom stereocenters. The number of aliphatic hydroxyl groups excluding tert-OH is 1. The zero-order valence-electron chi connectivity index (χ0n) is 14.9. The molecule has 0 aliphatic carbocycles. The maximum absolute atomic E-state index is 9.60. The fourth-order valence-electron chi connectivity index (χ4n) is 2.44. The highest BCUT2D eigenvalue weighted by atomic mass is 32.1. The first kappa shape index (κ1) is 18.3. The third-order valence-electron chi connectivity index (χ3n) is 4.02. The molecule has 0 spiro atoms. The van der Waals surface area contributed by atoms with Crippen molar-refractivity contribution in [1.82, 2.24) is 15.0 Å². The first-order valence-corrected chi connectivity index (χ1v) is 9.47. The molecule has 0 radical (unpaired) electrons. The minimum absolute atomic E-state index is 0.0239. The van der Waals surface area contributed by atoms with Gasteiger partial charge in [-0.2, -0.15) is 4.98 Å². The maximum atomic E-state index is 9.60. The quantitative estimate of drug-likeness (QED) is 0.562. The van der Waals surface area contributed by atoms with Gasteiger partial charge in [-0.1, -0.05) is 19.9 Å². The summed E-state index contributed by atoms with van der Waals surface area (Å²) >= 11 is 1.70. The first-order valence-electron chi connectivity index (χ1n) is 8.59. The number of rotatable bonds is 8. The van der Waals surface area contributed by atoms with Gasteiger partial charge in [-0.25, -0.2) is 4.98 Å². The highest BCUT2D eigenvalue weighted by molar-refractivity contribution is 7.09. The molecule has 3 heterocycles. The van der Waals surface area contributed by atoms with E-state index in [0.29, 0.717) is 12.5 Å². The topological polar surface area (TPSA) is 83.0 Å². The van der Waals surface area contributed by atoms with Crippen molar-refractivity contribution in [3.05, 3.63) is 53.0 Å². The van der Waals surface area contributed by atoms with Gasteiger partial charge in [0.15, 0.2) is 0 Å². The lowest BCUT2D eigenvalue weighted by Gasteiger charge is -2.20. The number of hydrogen-bond donors (Lipinski definition) is 3. The van der Waals surface area contributed by atoms with Gasteiger partial charge >= 0.3 is 0 Å². The lowest BCUT2D eigenvalue weighted by molar-refractivity contribution is 0.248. The van der Waals surface area contributed by atoms with Gasteiger partial charge in [-0.3, -0.25) is 4.98 Å². The van der Waals surface area contributed by atoms with Crippen molar-refractivity contribution in [3.8, 4) is 11.3 Å². The van der Waals surface area contributed by atoms with E-state index in [9.17, 15) is 5.11 Å². The molecule has 3 aromatic heterocycles. The third kappa shape index (κ3) is 4.77. The van der Waals surface area contributed by atoms with Crippen LogP contribution in [0.3, 0.4) is 0 Å². The Bertz CT molecular complexity index is 808. The van der Waals surface area contributed by atoms with E-state index in [2.05, 4.69) is 50.9 Å². The van der Waals surface area contributed by atoms with Gasteiger partial charge in [-0.05, 0) is 29.5 Å². The average Bonchev–Trinajstić information content (AvgIpc) is 3.18. The summed E-state index contributed by atoms with van der Waals surface area (Å²) in [6.45, 7) is 4.83. The van der Waals surface area contributed by atoms with E-state index in [0.717, 1.165) is 17.1 Å². The molecule has 7 heteroatoms. The molecule has 0 saturated heterocycles. The zero-order valence-corrected chi connectivity index (χ0v) is 15.7. The number of aromatic nitrogens is 3. The minimum atomic E-state index is -0.107. The fourth-order valence-corrected chi connectivity index (χ4v) is 3.09. The van der Waals surface area contributed by atoms with Gasteiger partial charge in [0.2, 0.25) is 5.95 Å². The number of hydrogen-bond acceptors (Lipinski definition) is 7. The van der Waals surface area contributed by atoms with Crippen LogP contribution in [0.2, 0.25) is 0 Å². The van der Waals surface area contributed by atoms with Crippen LogP contribution in [0.15, 0.2) is 48.1 Å². The molecule has 0 amide bonds. The Morgan fingerprint density at radius 3 is 2.73 bits per heavy atom. The van der Waals surface area contributed by atoms with Gasteiger partial charge in [0.25, 0.3) is 0 Å². The van der Waals surface area contributed by atoms with Crippen LogP contribution in [-0.2, 0) is 6.54 Å². The molecule has 0 bridgehead atoms. The smallest absolute Gasteiger partial charge is 0.225 e. The van der Waals surface area contributed by atoms with E-state index in [-0.39, 0.29) is 18.6 Å². The Morgan fingerprint density at radius 2 is 2.08 bits per heavy atom. The Labute approximate surface area is 157 Å². The van der Waals surface area contributed by atoms with Crippen LogP contribution in [-0.4, -0.2) is 32.7 Å². The summed E-state index contributed by atoms with van der Waals surface area (Å²) < 4.78 is 0. The lowest BCUT2D eigenvalue weighted by Crippen LogP contribution is -2.30. The fraction of sp³-hybridized carbons (Fsp3) is 0.316. The summed E-state index contributed by atoms with van der Waals surface area (Å²) in [6.07, 6.45) is 3.52. The van der Waals surface area contributed by atoms with E-state index < -0.39 is 0 Å². The molecule has 0 aliphatic rings. The Hall–Kier alpha value is -2.51. The van der Waals surface area contributed by atoms with Crippen LogP contribution < -0.4 is 10.6 Å². The molecule has 136 valence electrons. The van der Waals surface area contributed by atoms with Crippen LogP contribution in [0.1, 0.15) is 18.7 Å². The molecule has 26 heavy (non-hydrogen) atoms. The second-order valence-corrected chi connectivity index (χ2v) is 7.35. The minimum Gasteiger partial charge on any atom is -0.394 e. The summed E-state index contributed by atoms with van der Waals surface area (Å²) in [5, 5.41) is 18.3. The molecule has 0 fully saturated rings. The Morgan fingerprint density at radius 1 is 1.19 bits per heavy atom. The van der Waals surface area contributed by atoms with Crippen molar-refractivity contribution in [3.63, 3.8) is 0 Å². The third-order valence-corrected chi connectivity index (χ3v) is 4.90. The number of pyridine rings is 1. The van der Waals surface area contributed by atoms with Crippen LogP contribution in [0.4, 0.5) is 11.8 Å². The number of thiophene rings is 1. The molecule has 3 aromatic rings.